The van der Waals surface area contributed by atoms with Gasteiger partial charge in [-0.05, 0) is 48.1 Å². The Labute approximate surface area is 108 Å². The van der Waals surface area contributed by atoms with Crippen LogP contribution in [-0.4, -0.2) is 31.8 Å². The van der Waals surface area contributed by atoms with Crippen LogP contribution in [0.3, 0.4) is 0 Å². The van der Waals surface area contributed by atoms with Gasteiger partial charge in [-0.25, -0.2) is 0 Å². The van der Waals surface area contributed by atoms with E-state index in [1.807, 2.05) is 13.1 Å². The smallest absolute Gasteiger partial charge is 0.299 e. The molecule has 1 amide bonds. The third kappa shape index (κ3) is 2.12. The molecule has 1 aromatic carbocycles. The van der Waals surface area contributed by atoms with Crippen LogP contribution < -0.4 is 10.2 Å². The number of nitrogens with zero attached hydrogens (tertiary/aromatic N) is 1. The SMILES string of the molecule is CNCCCN1C(=O)C(=O)c2cccc(Br)c21. The monoisotopic (exact) mass is 296 g/mol. The number of carbonyl (C=O) groups is 2. The Kier molecular flexibility index (Phi) is 3.59. The number of hydrogen-bond acceptors (Lipinski definition) is 3. The fourth-order valence-electron chi connectivity index (χ4n) is 1.94. The molecular weight excluding hydrogens is 284 g/mol. The largest absolute Gasteiger partial charge is 0.320 e. The molecule has 0 radical (unpaired) electrons. The summed E-state index contributed by atoms with van der Waals surface area (Å²) in [6, 6.07) is 5.30. The zero-order valence-electron chi connectivity index (χ0n) is 9.50. The van der Waals surface area contributed by atoms with Crippen LogP contribution in [0, 0.1) is 0 Å². The summed E-state index contributed by atoms with van der Waals surface area (Å²) in [5.41, 5.74) is 1.20. The van der Waals surface area contributed by atoms with E-state index in [0.29, 0.717) is 17.8 Å². The van der Waals surface area contributed by atoms with Gasteiger partial charge in [0.05, 0.1) is 11.3 Å². The van der Waals surface area contributed by atoms with Gasteiger partial charge in [0.15, 0.2) is 0 Å². The second kappa shape index (κ2) is 4.98. The maximum atomic E-state index is 11.8. The number of ketones is 1. The molecule has 5 heteroatoms. The van der Waals surface area contributed by atoms with Crippen LogP contribution in [0.1, 0.15) is 16.8 Å². The van der Waals surface area contributed by atoms with E-state index in [2.05, 4.69) is 21.2 Å². The van der Waals surface area contributed by atoms with E-state index in [4.69, 9.17) is 0 Å². The molecule has 1 aromatic rings. The minimum atomic E-state index is -0.428. The van der Waals surface area contributed by atoms with Crippen molar-refractivity contribution in [2.24, 2.45) is 0 Å². The second-order valence-corrected chi connectivity index (χ2v) is 4.73. The minimum Gasteiger partial charge on any atom is -0.320 e. The Balaban J connectivity index is 2.30. The molecule has 4 nitrogen and oxygen atoms in total. The fourth-order valence-corrected chi connectivity index (χ4v) is 2.52. The van der Waals surface area contributed by atoms with E-state index < -0.39 is 11.7 Å². The average Bonchev–Trinajstić information content (AvgIpc) is 2.56. The number of anilines is 1. The summed E-state index contributed by atoms with van der Waals surface area (Å²) in [6.07, 6.45) is 0.816. The summed E-state index contributed by atoms with van der Waals surface area (Å²) in [5.74, 6) is -0.839. The number of Topliss-reactive ketones (excluding diaryl/α,β-unsaturated/α-hetero) is 1. The lowest BCUT2D eigenvalue weighted by atomic mass is 10.1. The first-order chi connectivity index (χ1) is 8.16. The predicted octanol–water partition coefficient (Wildman–Crippen LogP) is 1.59. The van der Waals surface area contributed by atoms with Crippen LogP contribution >= 0.6 is 15.9 Å². The van der Waals surface area contributed by atoms with Crippen molar-refractivity contribution in [3.8, 4) is 0 Å². The lowest BCUT2D eigenvalue weighted by Gasteiger charge is -2.17. The molecule has 1 aliphatic rings. The molecule has 0 aliphatic carbocycles. The number of rotatable bonds is 4. The molecular formula is C12H13BrN2O2. The third-order valence-corrected chi connectivity index (χ3v) is 3.39. The van der Waals surface area contributed by atoms with Gasteiger partial charge in [-0.15, -0.1) is 0 Å². The van der Waals surface area contributed by atoms with Crippen molar-refractivity contribution in [2.75, 3.05) is 25.0 Å². The number of carbonyl (C=O) groups excluding carboxylic acids is 2. The highest BCUT2D eigenvalue weighted by molar-refractivity contribution is 9.10. The standard InChI is InChI=1S/C12H13BrN2O2/c1-14-6-3-7-15-10-8(11(16)12(15)17)4-2-5-9(10)13/h2,4-5,14H,3,6-7H2,1H3. The zero-order valence-corrected chi connectivity index (χ0v) is 11.1. The van der Waals surface area contributed by atoms with Crippen LogP contribution in [-0.2, 0) is 4.79 Å². The average molecular weight is 297 g/mol. The van der Waals surface area contributed by atoms with Crippen LogP contribution in [0.25, 0.3) is 0 Å². The first-order valence-electron chi connectivity index (χ1n) is 5.46. The van der Waals surface area contributed by atoms with E-state index in [1.165, 1.54) is 0 Å². The predicted molar refractivity (Wildman–Crippen MR) is 69.4 cm³/mol. The van der Waals surface area contributed by atoms with E-state index >= 15 is 0 Å². The lowest BCUT2D eigenvalue weighted by Crippen LogP contribution is -2.32. The number of para-hydroxylation sites is 1. The Morgan fingerprint density at radius 2 is 2.12 bits per heavy atom. The summed E-state index contributed by atoms with van der Waals surface area (Å²) in [5, 5.41) is 3.02. The Morgan fingerprint density at radius 1 is 1.35 bits per heavy atom. The normalized spacial score (nSPS) is 14.4. The number of halogens is 1. The molecule has 0 unspecified atom stereocenters. The molecule has 0 saturated carbocycles. The molecule has 2 rings (SSSR count). The van der Waals surface area contributed by atoms with Crippen molar-refractivity contribution in [2.45, 2.75) is 6.42 Å². The zero-order chi connectivity index (χ0) is 12.4. The number of benzene rings is 1. The number of fused-ring (bicyclic) bond motifs is 1. The molecule has 0 aromatic heterocycles. The van der Waals surface area contributed by atoms with Gasteiger partial charge in [0.1, 0.15) is 0 Å². The van der Waals surface area contributed by atoms with Crippen LogP contribution in [0.5, 0.6) is 0 Å². The Morgan fingerprint density at radius 3 is 2.82 bits per heavy atom. The maximum absolute atomic E-state index is 11.8. The molecule has 0 fully saturated rings. The van der Waals surface area contributed by atoms with Gasteiger partial charge >= 0.3 is 0 Å². The number of hydrogen-bond donors (Lipinski definition) is 1. The minimum absolute atomic E-state index is 0.411. The highest BCUT2D eigenvalue weighted by atomic mass is 79.9. The van der Waals surface area contributed by atoms with Gasteiger partial charge in [0.25, 0.3) is 11.7 Å². The van der Waals surface area contributed by atoms with Gasteiger partial charge in [-0.2, -0.15) is 0 Å². The van der Waals surface area contributed by atoms with Crippen molar-refractivity contribution in [1.29, 1.82) is 0 Å². The van der Waals surface area contributed by atoms with E-state index in [9.17, 15) is 9.59 Å². The first kappa shape index (κ1) is 12.3. The van der Waals surface area contributed by atoms with Gasteiger partial charge in [0.2, 0.25) is 0 Å². The van der Waals surface area contributed by atoms with Crippen molar-refractivity contribution in [3.05, 3.63) is 28.2 Å². The van der Waals surface area contributed by atoms with Crippen molar-refractivity contribution in [1.82, 2.24) is 5.32 Å². The molecule has 0 saturated heterocycles. The Hall–Kier alpha value is -1.20. The van der Waals surface area contributed by atoms with Gasteiger partial charge in [-0.3, -0.25) is 9.59 Å². The van der Waals surface area contributed by atoms with E-state index in [1.54, 1.807) is 17.0 Å². The van der Waals surface area contributed by atoms with Gasteiger partial charge in [-0.1, -0.05) is 6.07 Å². The summed E-state index contributed by atoms with van der Waals surface area (Å²) in [7, 11) is 1.86. The molecule has 0 atom stereocenters. The highest BCUT2D eigenvalue weighted by Gasteiger charge is 2.36. The second-order valence-electron chi connectivity index (χ2n) is 3.88. The van der Waals surface area contributed by atoms with Gasteiger partial charge < -0.3 is 10.2 Å². The van der Waals surface area contributed by atoms with E-state index in [-0.39, 0.29) is 0 Å². The summed E-state index contributed by atoms with van der Waals surface area (Å²) in [4.78, 5) is 25.2. The number of amides is 1. The van der Waals surface area contributed by atoms with Crippen LogP contribution in [0.2, 0.25) is 0 Å². The highest BCUT2D eigenvalue weighted by Crippen LogP contribution is 2.35. The van der Waals surface area contributed by atoms with Crippen molar-refractivity contribution in [3.63, 3.8) is 0 Å². The molecule has 0 bridgehead atoms. The third-order valence-electron chi connectivity index (χ3n) is 2.75. The molecule has 1 aliphatic heterocycles. The molecule has 90 valence electrons. The fraction of sp³-hybridized carbons (Fsp3) is 0.333. The summed E-state index contributed by atoms with van der Waals surface area (Å²) >= 11 is 3.39. The quantitative estimate of drug-likeness (QED) is 0.678. The molecule has 17 heavy (non-hydrogen) atoms. The van der Waals surface area contributed by atoms with Crippen molar-refractivity contribution >= 4 is 33.3 Å². The van der Waals surface area contributed by atoms with Crippen molar-refractivity contribution < 1.29 is 9.59 Å². The Bertz CT molecular complexity index is 474. The lowest BCUT2D eigenvalue weighted by molar-refractivity contribution is -0.114. The van der Waals surface area contributed by atoms with E-state index in [0.717, 1.165) is 17.4 Å². The molecule has 0 spiro atoms. The molecule has 1 N–H and O–H groups in total. The van der Waals surface area contributed by atoms with Crippen LogP contribution in [0.4, 0.5) is 5.69 Å². The van der Waals surface area contributed by atoms with Crippen LogP contribution in [0.15, 0.2) is 22.7 Å². The number of nitrogens with one attached hydrogen (secondary N) is 1. The maximum Gasteiger partial charge on any atom is 0.299 e. The molecule has 1 heterocycles. The first-order valence-corrected chi connectivity index (χ1v) is 6.25. The topological polar surface area (TPSA) is 49.4 Å². The summed E-state index contributed by atoms with van der Waals surface area (Å²) < 4.78 is 0.790. The summed E-state index contributed by atoms with van der Waals surface area (Å²) in [6.45, 7) is 1.37. The van der Waals surface area contributed by atoms with Gasteiger partial charge in [0, 0.05) is 11.0 Å².